The molecule has 0 aromatic rings. The van der Waals surface area contributed by atoms with Crippen molar-refractivity contribution in [2.24, 2.45) is 5.92 Å². The van der Waals surface area contributed by atoms with Gasteiger partial charge in [0.1, 0.15) is 0 Å². The van der Waals surface area contributed by atoms with Gasteiger partial charge in [-0.15, -0.1) is 0 Å². The topological polar surface area (TPSA) is 3.24 Å². The third-order valence-electron chi connectivity index (χ3n) is 3.95. The van der Waals surface area contributed by atoms with Crippen LogP contribution in [0, 0.1) is 5.92 Å². The van der Waals surface area contributed by atoms with Gasteiger partial charge >= 0.3 is 0 Å². The molecule has 0 aromatic heterocycles. The summed E-state index contributed by atoms with van der Waals surface area (Å²) >= 11 is 0. The van der Waals surface area contributed by atoms with E-state index in [1.165, 1.54) is 25.7 Å². The highest BCUT2D eigenvalue weighted by molar-refractivity contribution is 4.84. The first kappa shape index (κ1) is 11.3. The van der Waals surface area contributed by atoms with Crippen molar-refractivity contribution in [3.05, 3.63) is 0 Å². The predicted molar refractivity (Wildman–Crippen MR) is 57.2 cm³/mol. The lowest BCUT2D eigenvalue weighted by Gasteiger charge is -2.40. The van der Waals surface area contributed by atoms with E-state index in [0.717, 1.165) is 5.92 Å². The molecular weight excluding hydrogens is 196 g/mol. The molecule has 2 unspecified atom stereocenters. The molecule has 0 spiro atoms. The van der Waals surface area contributed by atoms with Crippen molar-refractivity contribution in [2.45, 2.75) is 57.4 Å². The van der Waals surface area contributed by atoms with Crippen LogP contribution < -0.4 is 0 Å². The van der Waals surface area contributed by atoms with Crippen LogP contribution in [0.2, 0.25) is 0 Å². The lowest BCUT2D eigenvalue weighted by atomic mass is 9.85. The molecule has 2 atom stereocenters. The Bertz CT molecular complexity index is 208. The van der Waals surface area contributed by atoms with E-state index in [4.69, 9.17) is 0 Å². The summed E-state index contributed by atoms with van der Waals surface area (Å²) in [7, 11) is 0. The molecule has 15 heavy (non-hydrogen) atoms. The van der Waals surface area contributed by atoms with E-state index in [1.807, 2.05) is 0 Å². The van der Waals surface area contributed by atoms with Gasteiger partial charge in [-0.3, -0.25) is 4.90 Å². The average molecular weight is 217 g/mol. The zero-order chi connectivity index (χ0) is 10.9. The Morgan fingerprint density at radius 3 is 2.40 bits per heavy atom. The van der Waals surface area contributed by atoms with Gasteiger partial charge in [-0.1, -0.05) is 19.8 Å². The number of halogens is 2. The minimum absolute atomic E-state index is 0.0673. The second-order valence-electron chi connectivity index (χ2n) is 5.32. The summed E-state index contributed by atoms with van der Waals surface area (Å²) in [5, 5.41) is 0. The average Bonchev–Trinajstić information content (AvgIpc) is 2.17. The Morgan fingerprint density at radius 2 is 1.80 bits per heavy atom. The van der Waals surface area contributed by atoms with E-state index in [0.29, 0.717) is 19.1 Å². The normalized spacial score (nSPS) is 37.8. The Hall–Kier alpha value is -0.180. The maximum absolute atomic E-state index is 13.0. The summed E-state index contributed by atoms with van der Waals surface area (Å²) in [5.74, 6) is -1.61. The maximum Gasteiger partial charge on any atom is 0.250 e. The molecule has 0 radical (unpaired) electrons. The number of rotatable bonds is 1. The molecule has 2 fully saturated rings. The maximum atomic E-state index is 13.0. The first-order chi connectivity index (χ1) is 7.07. The van der Waals surface area contributed by atoms with Gasteiger partial charge in [0.05, 0.1) is 0 Å². The molecule has 0 aromatic carbocycles. The molecular formula is C12H21F2N. The fraction of sp³-hybridized carbons (Fsp3) is 1.00. The standard InChI is InChI=1S/C12H21F2N/c1-10-3-2-4-11(9-10)15-7-5-12(13,14)6-8-15/h10-11H,2-9H2,1H3. The van der Waals surface area contributed by atoms with Gasteiger partial charge in [0, 0.05) is 32.0 Å². The van der Waals surface area contributed by atoms with Crippen LogP contribution in [0.4, 0.5) is 8.78 Å². The minimum Gasteiger partial charge on any atom is -0.300 e. The number of nitrogens with zero attached hydrogens (tertiary/aromatic N) is 1. The highest BCUT2D eigenvalue weighted by Crippen LogP contribution is 2.33. The van der Waals surface area contributed by atoms with Gasteiger partial charge in [-0.25, -0.2) is 8.78 Å². The van der Waals surface area contributed by atoms with Crippen LogP contribution in [-0.2, 0) is 0 Å². The van der Waals surface area contributed by atoms with E-state index in [9.17, 15) is 8.78 Å². The molecule has 2 rings (SSSR count). The van der Waals surface area contributed by atoms with Crippen LogP contribution in [0.1, 0.15) is 45.4 Å². The highest BCUT2D eigenvalue weighted by atomic mass is 19.3. The minimum atomic E-state index is -2.39. The molecule has 1 aliphatic heterocycles. The number of likely N-dealkylation sites (tertiary alicyclic amines) is 1. The van der Waals surface area contributed by atoms with E-state index in [1.54, 1.807) is 0 Å². The monoisotopic (exact) mass is 217 g/mol. The SMILES string of the molecule is CC1CCCC(N2CCC(F)(F)CC2)C1. The lowest BCUT2D eigenvalue weighted by Crippen LogP contribution is -2.46. The number of alkyl halides is 2. The van der Waals surface area contributed by atoms with Crippen molar-refractivity contribution in [3.63, 3.8) is 0 Å². The molecule has 1 saturated heterocycles. The van der Waals surface area contributed by atoms with Crippen molar-refractivity contribution >= 4 is 0 Å². The molecule has 0 bridgehead atoms. The van der Waals surface area contributed by atoms with Crippen molar-refractivity contribution in [1.29, 1.82) is 0 Å². The first-order valence-corrected chi connectivity index (χ1v) is 6.19. The number of hydrogen-bond acceptors (Lipinski definition) is 1. The Kier molecular flexibility index (Phi) is 3.29. The van der Waals surface area contributed by atoms with Gasteiger partial charge in [0.15, 0.2) is 0 Å². The summed E-state index contributed by atoms with van der Waals surface area (Å²) in [4.78, 5) is 2.30. The second kappa shape index (κ2) is 4.36. The van der Waals surface area contributed by atoms with Crippen LogP contribution in [0.3, 0.4) is 0 Å². The number of hydrogen-bond donors (Lipinski definition) is 0. The molecule has 2 aliphatic rings. The van der Waals surface area contributed by atoms with Crippen LogP contribution in [0.15, 0.2) is 0 Å². The number of piperidine rings is 1. The molecule has 88 valence electrons. The summed E-state index contributed by atoms with van der Waals surface area (Å²) in [6.07, 6.45) is 5.16. The van der Waals surface area contributed by atoms with Crippen molar-refractivity contribution < 1.29 is 8.78 Å². The summed E-state index contributed by atoms with van der Waals surface area (Å²) < 4.78 is 26.0. The zero-order valence-corrected chi connectivity index (χ0v) is 9.51. The van der Waals surface area contributed by atoms with Crippen LogP contribution in [0.5, 0.6) is 0 Å². The predicted octanol–water partition coefficient (Wildman–Crippen LogP) is 3.30. The van der Waals surface area contributed by atoms with E-state index < -0.39 is 5.92 Å². The third kappa shape index (κ3) is 2.90. The van der Waals surface area contributed by atoms with E-state index in [2.05, 4.69) is 11.8 Å². The molecule has 1 heterocycles. The molecule has 0 amide bonds. The van der Waals surface area contributed by atoms with Gasteiger partial charge < -0.3 is 0 Å². The summed E-state index contributed by atoms with van der Waals surface area (Å²) in [5.41, 5.74) is 0. The van der Waals surface area contributed by atoms with Crippen molar-refractivity contribution in [3.8, 4) is 0 Å². The van der Waals surface area contributed by atoms with Crippen LogP contribution in [0.25, 0.3) is 0 Å². The van der Waals surface area contributed by atoms with Gasteiger partial charge in [-0.2, -0.15) is 0 Å². The van der Waals surface area contributed by atoms with Crippen molar-refractivity contribution in [1.82, 2.24) is 4.90 Å². The van der Waals surface area contributed by atoms with Gasteiger partial charge in [-0.05, 0) is 18.8 Å². The molecule has 1 saturated carbocycles. The quantitative estimate of drug-likeness (QED) is 0.651. The fourth-order valence-electron chi connectivity index (χ4n) is 2.95. The fourth-order valence-corrected chi connectivity index (χ4v) is 2.95. The highest BCUT2D eigenvalue weighted by Gasteiger charge is 2.36. The molecule has 1 aliphatic carbocycles. The molecule has 0 N–H and O–H groups in total. The summed E-state index contributed by atoms with van der Waals surface area (Å²) in [6.45, 7) is 3.49. The smallest absolute Gasteiger partial charge is 0.250 e. The lowest BCUT2D eigenvalue weighted by molar-refractivity contribution is -0.0669. The largest absolute Gasteiger partial charge is 0.300 e. The van der Waals surface area contributed by atoms with Gasteiger partial charge in [0.2, 0.25) is 0 Å². The molecule has 1 nitrogen and oxygen atoms in total. The molecule has 3 heteroatoms. The van der Waals surface area contributed by atoms with Crippen molar-refractivity contribution in [2.75, 3.05) is 13.1 Å². The Balaban J connectivity index is 1.84. The Labute approximate surface area is 90.8 Å². The first-order valence-electron chi connectivity index (χ1n) is 6.19. The van der Waals surface area contributed by atoms with E-state index in [-0.39, 0.29) is 12.8 Å². The van der Waals surface area contributed by atoms with E-state index >= 15 is 0 Å². The zero-order valence-electron chi connectivity index (χ0n) is 9.51. The summed E-state index contributed by atoms with van der Waals surface area (Å²) in [6, 6.07) is 0.588. The Morgan fingerprint density at radius 1 is 1.13 bits per heavy atom. The van der Waals surface area contributed by atoms with Crippen LogP contribution >= 0.6 is 0 Å². The van der Waals surface area contributed by atoms with Gasteiger partial charge in [0.25, 0.3) is 5.92 Å². The second-order valence-corrected chi connectivity index (χ2v) is 5.32. The third-order valence-corrected chi connectivity index (χ3v) is 3.95. The van der Waals surface area contributed by atoms with Crippen LogP contribution in [-0.4, -0.2) is 30.0 Å².